The Balaban J connectivity index is 1.58. The Bertz CT molecular complexity index is 646. The monoisotopic (exact) mass is 364 g/mol. The fourth-order valence-corrected chi connectivity index (χ4v) is 3.66. The molecule has 2 fully saturated rings. The highest BCUT2D eigenvalue weighted by atomic mass is 35.5. The van der Waals surface area contributed by atoms with Crippen LogP contribution in [0.2, 0.25) is 5.02 Å². The van der Waals surface area contributed by atoms with Gasteiger partial charge in [-0.1, -0.05) is 17.7 Å². The third kappa shape index (κ3) is 4.07. The van der Waals surface area contributed by atoms with Crippen molar-refractivity contribution in [3.8, 4) is 0 Å². The quantitative estimate of drug-likeness (QED) is 0.822. The van der Waals surface area contributed by atoms with Gasteiger partial charge in [-0.25, -0.2) is 4.79 Å². The van der Waals surface area contributed by atoms with Crippen molar-refractivity contribution in [1.82, 2.24) is 14.7 Å². The summed E-state index contributed by atoms with van der Waals surface area (Å²) in [6.45, 7) is 3.28. The van der Waals surface area contributed by atoms with Gasteiger partial charge in [0, 0.05) is 36.9 Å². The van der Waals surface area contributed by atoms with Crippen molar-refractivity contribution >= 4 is 29.2 Å². The summed E-state index contributed by atoms with van der Waals surface area (Å²) in [5.41, 5.74) is 0.774. The molecule has 2 heterocycles. The number of likely N-dealkylation sites (N-methyl/N-ethyl adjacent to an activating group) is 1. The van der Waals surface area contributed by atoms with Gasteiger partial charge < -0.3 is 14.7 Å². The first-order valence-electron chi connectivity index (χ1n) is 8.72. The van der Waals surface area contributed by atoms with Gasteiger partial charge in [0.15, 0.2) is 0 Å². The average Bonchev–Trinajstić information content (AvgIpc) is 2.95. The lowest BCUT2D eigenvalue weighted by Crippen LogP contribution is -2.48. The third-order valence-corrected chi connectivity index (χ3v) is 5.41. The van der Waals surface area contributed by atoms with Crippen LogP contribution in [0.4, 0.5) is 10.5 Å². The second-order valence-corrected chi connectivity index (χ2v) is 7.31. The highest BCUT2D eigenvalue weighted by molar-refractivity contribution is 6.30. The van der Waals surface area contributed by atoms with Crippen molar-refractivity contribution in [2.24, 2.45) is 0 Å². The standard InChI is InChI=1S/C18H25ClN4O2/c1-20-8-6-15(7-9-20)21(2)17(24)13-22-10-11-23(18(22)25)16-5-3-4-14(19)12-16/h3-5,12,15H,6-11,13H2,1-2H3. The average molecular weight is 365 g/mol. The van der Waals surface area contributed by atoms with E-state index in [1.165, 1.54) is 0 Å². The molecule has 2 aliphatic rings. The SMILES string of the molecule is CN1CCC(N(C)C(=O)CN2CCN(c3cccc(Cl)c3)C2=O)CC1. The van der Waals surface area contributed by atoms with E-state index in [2.05, 4.69) is 11.9 Å². The predicted molar refractivity (Wildman–Crippen MR) is 99.1 cm³/mol. The van der Waals surface area contributed by atoms with Crippen LogP contribution >= 0.6 is 11.6 Å². The van der Waals surface area contributed by atoms with Gasteiger partial charge in [-0.05, 0) is 51.2 Å². The minimum Gasteiger partial charge on any atom is -0.341 e. The number of carbonyl (C=O) groups is 2. The van der Waals surface area contributed by atoms with Crippen LogP contribution in [0.3, 0.4) is 0 Å². The van der Waals surface area contributed by atoms with E-state index in [4.69, 9.17) is 11.6 Å². The Hall–Kier alpha value is -1.79. The first-order valence-corrected chi connectivity index (χ1v) is 9.09. The molecule has 2 saturated heterocycles. The number of piperidine rings is 1. The van der Waals surface area contributed by atoms with Crippen LogP contribution in [-0.4, -0.2) is 79.5 Å². The molecule has 0 bridgehead atoms. The molecule has 136 valence electrons. The van der Waals surface area contributed by atoms with Gasteiger partial charge in [-0.2, -0.15) is 0 Å². The molecule has 7 heteroatoms. The highest BCUT2D eigenvalue weighted by Crippen LogP contribution is 2.23. The minimum absolute atomic E-state index is 0.0100. The molecule has 6 nitrogen and oxygen atoms in total. The number of anilines is 1. The molecule has 0 atom stereocenters. The number of benzene rings is 1. The van der Waals surface area contributed by atoms with Crippen LogP contribution in [0.15, 0.2) is 24.3 Å². The summed E-state index contributed by atoms with van der Waals surface area (Å²) >= 11 is 6.01. The number of hydrogen-bond acceptors (Lipinski definition) is 3. The Morgan fingerprint density at radius 2 is 1.96 bits per heavy atom. The molecular formula is C18H25ClN4O2. The lowest BCUT2D eigenvalue weighted by Gasteiger charge is -2.35. The summed E-state index contributed by atoms with van der Waals surface area (Å²) in [6.07, 6.45) is 1.97. The molecule has 2 aliphatic heterocycles. The van der Waals surface area contributed by atoms with Crippen LogP contribution in [0, 0.1) is 0 Å². The maximum atomic E-state index is 12.6. The van der Waals surface area contributed by atoms with E-state index in [0.717, 1.165) is 31.6 Å². The number of amides is 3. The summed E-state index contributed by atoms with van der Waals surface area (Å²) in [7, 11) is 3.96. The molecule has 3 amide bonds. The van der Waals surface area contributed by atoms with Crippen LogP contribution < -0.4 is 4.90 Å². The molecule has 25 heavy (non-hydrogen) atoms. The van der Waals surface area contributed by atoms with E-state index in [9.17, 15) is 9.59 Å². The van der Waals surface area contributed by atoms with Gasteiger partial charge in [0.05, 0.1) is 0 Å². The molecule has 0 saturated carbocycles. The lowest BCUT2D eigenvalue weighted by atomic mass is 10.0. The number of hydrogen-bond donors (Lipinski definition) is 0. The molecule has 3 rings (SSSR count). The van der Waals surface area contributed by atoms with Crippen molar-refractivity contribution in [2.45, 2.75) is 18.9 Å². The predicted octanol–water partition coefficient (Wildman–Crippen LogP) is 2.13. The normalized spacial score (nSPS) is 19.6. The van der Waals surface area contributed by atoms with Crippen LogP contribution in [-0.2, 0) is 4.79 Å². The molecule has 0 N–H and O–H groups in total. The summed E-state index contributed by atoms with van der Waals surface area (Å²) in [5, 5.41) is 0.599. The minimum atomic E-state index is -0.132. The van der Waals surface area contributed by atoms with Crippen molar-refractivity contribution in [1.29, 1.82) is 0 Å². The molecule has 0 spiro atoms. The number of likely N-dealkylation sites (tertiary alicyclic amines) is 1. The second-order valence-electron chi connectivity index (χ2n) is 6.87. The molecule has 0 unspecified atom stereocenters. The number of halogens is 1. The summed E-state index contributed by atoms with van der Waals surface area (Å²) in [5.74, 6) is 0.0100. The molecule has 0 aromatic heterocycles. The molecule has 0 aliphatic carbocycles. The Morgan fingerprint density at radius 1 is 1.24 bits per heavy atom. The summed E-state index contributed by atoms with van der Waals surface area (Å²) < 4.78 is 0. The lowest BCUT2D eigenvalue weighted by molar-refractivity contribution is -0.133. The smallest absolute Gasteiger partial charge is 0.325 e. The number of nitrogens with zero attached hydrogens (tertiary/aromatic N) is 4. The molecule has 1 aromatic rings. The van der Waals surface area contributed by atoms with E-state index in [1.807, 2.05) is 24.1 Å². The Kier molecular flexibility index (Phi) is 5.49. The van der Waals surface area contributed by atoms with E-state index in [0.29, 0.717) is 18.1 Å². The van der Waals surface area contributed by atoms with Gasteiger partial charge >= 0.3 is 6.03 Å². The molecule has 0 radical (unpaired) electrons. The number of carbonyl (C=O) groups excluding carboxylic acids is 2. The van der Waals surface area contributed by atoms with Gasteiger partial charge in [0.2, 0.25) is 5.91 Å². The maximum absolute atomic E-state index is 12.6. The van der Waals surface area contributed by atoms with E-state index in [-0.39, 0.29) is 24.5 Å². The topological polar surface area (TPSA) is 47.1 Å². The Morgan fingerprint density at radius 3 is 2.64 bits per heavy atom. The Labute approximate surface area is 153 Å². The first-order chi connectivity index (χ1) is 12.0. The highest BCUT2D eigenvalue weighted by Gasteiger charge is 2.33. The summed E-state index contributed by atoms with van der Waals surface area (Å²) in [4.78, 5) is 32.6. The second kappa shape index (κ2) is 7.62. The van der Waals surface area contributed by atoms with Crippen LogP contribution in [0.1, 0.15) is 12.8 Å². The fourth-order valence-electron chi connectivity index (χ4n) is 3.47. The third-order valence-electron chi connectivity index (χ3n) is 5.17. The number of urea groups is 1. The number of rotatable bonds is 4. The van der Waals surface area contributed by atoms with Crippen LogP contribution in [0.5, 0.6) is 0 Å². The largest absolute Gasteiger partial charge is 0.341 e. The first kappa shape index (κ1) is 18.0. The van der Waals surface area contributed by atoms with E-state index < -0.39 is 0 Å². The fraction of sp³-hybridized carbons (Fsp3) is 0.556. The zero-order chi connectivity index (χ0) is 18.0. The zero-order valence-electron chi connectivity index (χ0n) is 14.8. The van der Waals surface area contributed by atoms with E-state index in [1.54, 1.807) is 21.9 Å². The molecule has 1 aromatic carbocycles. The van der Waals surface area contributed by atoms with Crippen molar-refractivity contribution < 1.29 is 9.59 Å². The maximum Gasteiger partial charge on any atom is 0.325 e. The van der Waals surface area contributed by atoms with Gasteiger partial charge in [0.1, 0.15) is 6.54 Å². The van der Waals surface area contributed by atoms with Crippen molar-refractivity contribution in [3.63, 3.8) is 0 Å². The van der Waals surface area contributed by atoms with Gasteiger partial charge in [-0.3, -0.25) is 9.69 Å². The zero-order valence-corrected chi connectivity index (χ0v) is 15.6. The van der Waals surface area contributed by atoms with E-state index >= 15 is 0 Å². The summed E-state index contributed by atoms with van der Waals surface area (Å²) in [6, 6.07) is 7.38. The molecular weight excluding hydrogens is 340 g/mol. The van der Waals surface area contributed by atoms with Crippen LogP contribution in [0.25, 0.3) is 0 Å². The van der Waals surface area contributed by atoms with Crippen molar-refractivity contribution in [3.05, 3.63) is 29.3 Å². The van der Waals surface area contributed by atoms with Crippen molar-refractivity contribution in [2.75, 3.05) is 51.7 Å². The van der Waals surface area contributed by atoms with Gasteiger partial charge in [-0.15, -0.1) is 0 Å². The van der Waals surface area contributed by atoms with Gasteiger partial charge in [0.25, 0.3) is 0 Å².